The van der Waals surface area contributed by atoms with Gasteiger partial charge in [0.05, 0.1) is 23.0 Å². The summed E-state index contributed by atoms with van der Waals surface area (Å²) in [6.07, 6.45) is 7.16. The Bertz CT molecular complexity index is 1730. The highest BCUT2D eigenvalue weighted by atomic mass is 32.2. The van der Waals surface area contributed by atoms with Gasteiger partial charge in [0.1, 0.15) is 0 Å². The van der Waals surface area contributed by atoms with Gasteiger partial charge in [0.15, 0.2) is 0 Å². The number of aromatic nitrogens is 3. The Hall–Kier alpha value is -4.19. The van der Waals surface area contributed by atoms with E-state index < -0.39 is 5.41 Å². The summed E-state index contributed by atoms with van der Waals surface area (Å²) >= 11 is 3.70. The number of hydrogen-bond donors (Lipinski definition) is 0. The van der Waals surface area contributed by atoms with Crippen molar-refractivity contribution < 1.29 is 0 Å². The van der Waals surface area contributed by atoms with Crippen LogP contribution in [0.1, 0.15) is 22.3 Å². The molecule has 0 amide bonds. The zero-order chi connectivity index (χ0) is 25.8. The van der Waals surface area contributed by atoms with Crippen LogP contribution in [0.25, 0.3) is 22.5 Å². The van der Waals surface area contributed by atoms with Gasteiger partial charge < -0.3 is 0 Å². The van der Waals surface area contributed by atoms with E-state index in [2.05, 4.69) is 106 Å². The zero-order valence-electron chi connectivity index (χ0n) is 20.8. The molecule has 0 atom stereocenters. The van der Waals surface area contributed by atoms with E-state index in [1.54, 1.807) is 12.4 Å². The normalized spacial score (nSPS) is 14.2. The Kier molecular flexibility index (Phi) is 5.22. The fourth-order valence-electron chi connectivity index (χ4n) is 5.97. The highest BCUT2D eigenvalue weighted by Crippen LogP contribution is 2.62. The van der Waals surface area contributed by atoms with Crippen LogP contribution in [0.15, 0.2) is 147 Å². The molecule has 2 aromatic heterocycles. The predicted molar refractivity (Wildman–Crippen MR) is 157 cm³/mol. The summed E-state index contributed by atoms with van der Waals surface area (Å²) < 4.78 is 0. The lowest BCUT2D eigenvalue weighted by Gasteiger charge is -2.45. The minimum absolute atomic E-state index is 0.433. The Morgan fingerprint density at radius 2 is 1.03 bits per heavy atom. The molecule has 6 aromatic rings. The smallest absolute Gasteiger partial charge is 0.0885 e. The minimum atomic E-state index is -0.433. The topological polar surface area (TPSA) is 38.7 Å². The first-order valence-corrected chi connectivity index (χ1v) is 14.5. The molecule has 0 aliphatic carbocycles. The van der Waals surface area contributed by atoms with Crippen molar-refractivity contribution in [1.29, 1.82) is 0 Å². The maximum atomic E-state index is 4.64. The molecule has 39 heavy (non-hydrogen) atoms. The summed E-state index contributed by atoms with van der Waals surface area (Å²) in [4.78, 5) is 18.6. The van der Waals surface area contributed by atoms with Gasteiger partial charge in [-0.05, 0) is 58.7 Å². The molecule has 1 spiro atoms. The van der Waals surface area contributed by atoms with Gasteiger partial charge in [-0.3, -0.25) is 15.0 Å². The van der Waals surface area contributed by atoms with Gasteiger partial charge in [-0.1, -0.05) is 90.3 Å². The molecule has 5 heteroatoms. The highest BCUT2D eigenvalue weighted by molar-refractivity contribution is 8.00. The number of nitrogens with zero attached hydrogens (tertiary/aromatic N) is 3. The highest BCUT2D eigenvalue weighted by Gasteiger charge is 2.48. The summed E-state index contributed by atoms with van der Waals surface area (Å²) in [6, 6.07) is 37.5. The molecular weight excluding hydrogens is 515 g/mol. The Morgan fingerprint density at radius 1 is 0.462 bits per heavy atom. The van der Waals surface area contributed by atoms with Gasteiger partial charge in [-0.2, -0.15) is 0 Å². The van der Waals surface area contributed by atoms with E-state index >= 15 is 0 Å². The number of benzene rings is 4. The van der Waals surface area contributed by atoms with Gasteiger partial charge >= 0.3 is 0 Å². The molecule has 2 aliphatic heterocycles. The summed E-state index contributed by atoms with van der Waals surface area (Å²) in [5.41, 5.74) is 8.89. The Morgan fingerprint density at radius 3 is 1.64 bits per heavy atom. The molecule has 0 unspecified atom stereocenters. The third kappa shape index (κ3) is 3.43. The SMILES string of the molecule is c1ccc(-c2ccc3c(c2)Sc2cc(-c4cnccn4)ccc2C32c3ccccc3Sc3ccccc32)nc1. The monoisotopic (exact) mass is 535 g/mol. The van der Waals surface area contributed by atoms with Crippen molar-refractivity contribution in [1.82, 2.24) is 15.0 Å². The van der Waals surface area contributed by atoms with E-state index in [9.17, 15) is 0 Å². The van der Waals surface area contributed by atoms with E-state index in [0.717, 1.165) is 22.5 Å². The fraction of sp³-hybridized carbons (Fsp3) is 0.0294. The maximum Gasteiger partial charge on any atom is 0.0885 e. The van der Waals surface area contributed by atoms with Gasteiger partial charge in [0, 0.05) is 49.3 Å². The zero-order valence-corrected chi connectivity index (χ0v) is 22.4. The third-order valence-electron chi connectivity index (χ3n) is 7.61. The van der Waals surface area contributed by atoms with E-state index in [1.165, 1.54) is 41.8 Å². The van der Waals surface area contributed by atoms with Crippen molar-refractivity contribution in [2.24, 2.45) is 0 Å². The molecule has 8 rings (SSSR count). The summed E-state index contributed by atoms with van der Waals surface area (Å²) in [5, 5.41) is 0. The quantitative estimate of drug-likeness (QED) is 0.222. The molecule has 0 N–H and O–H groups in total. The first-order chi connectivity index (χ1) is 19.3. The lowest BCUT2D eigenvalue weighted by atomic mass is 9.64. The number of hydrogen-bond acceptors (Lipinski definition) is 5. The standard InChI is InChI=1S/C34H21N3S2/c1-3-10-30-24(7-1)34(25-8-2-4-11-31(25)38-30)26-14-12-22(28-9-5-6-16-36-28)19-32(26)39-33-20-23(13-15-27(33)34)29-21-35-17-18-37-29/h1-21H. The van der Waals surface area contributed by atoms with Crippen molar-refractivity contribution >= 4 is 23.5 Å². The average molecular weight is 536 g/mol. The molecule has 0 saturated carbocycles. The van der Waals surface area contributed by atoms with E-state index in [-0.39, 0.29) is 0 Å². The number of fused-ring (bicyclic) bond motifs is 8. The Labute approximate surface area is 235 Å². The molecule has 4 aromatic carbocycles. The van der Waals surface area contributed by atoms with Gasteiger partial charge in [0.25, 0.3) is 0 Å². The van der Waals surface area contributed by atoms with Crippen molar-refractivity contribution in [2.45, 2.75) is 25.0 Å². The minimum Gasteiger partial charge on any atom is -0.261 e. The molecule has 4 heterocycles. The van der Waals surface area contributed by atoms with Gasteiger partial charge in [-0.25, -0.2) is 0 Å². The molecule has 0 fully saturated rings. The summed E-state index contributed by atoms with van der Waals surface area (Å²) in [5.74, 6) is 0. The van der Waals surface area contributed by atoms with Crippen LogP contribution in [0.5, 0.6) is 0 Å². The maximum absolute atomic E-state index is 4.64. The second-order valence-electron chi connectivity index (χ2n) is 9.67. The second kappa shape index (κ2) is 8.94. The fourth-order valence-corrected chi connectivity index (χ4v) is 8.44. The van der Waals surface area contributed by atoms with Crippen molar-refractivity contribution in [3.05, 3.63) is 150 Å². The molecule has 184 valence electrons. The van der Waals surface area contributed by atoms with Crippen molar-refractivity contribution in [3.8, 4) is 22.5 Å². The number of pyridine rings is 1. The largest absolute Gasteiger partial charge is 0.261 e. The van der Waals surface area contributed by atoms with E-state index in [0.29, 0.717) is 0 Å². The van der Waals surface area contributed by atoms with Crippen LogP contribution in [0.4, 0.5) is 0 Å². The van der Waals surface area contributed by atoms with Crippen LogP contribution in [-0.4, -0.2) is 15.0 Å². The molecule has 0 radical (unpaired) electrons. The van der Waals surface area contributed by atoms with Gasteiger partial charge in [-0.15, -0.1) is 0 Å². The average Bonchev–Trinajstić information content (AvgIpc) is 3.01. The summed E-state index contributed by atoms with van der Waals surface area (Å²) in [6.45, 7) is 0. The van der Waals surface area contributed by atoms with Crippen LogP contribution in [0.3, 0.4) is 0 Å². The van der Waals surface area contributed by atoms with Crippen LogP contribution in [0.2, 0.25) is 0 Å². The van der Waals surface area contributed by atoms with Crippen LogP contribution in [-0.2, 0) is 5.41 Å². The van der Waals surface area contributed by atoms with E-state index in [4.69, 9.17) is 0 Å². The molecule has 2 aliphatic rings. The third-order valence-corrected chi connectivity index (χ3v) is 9.88. The molecular formula is C34H21N3S2. The molecule has 3 nitrogen and oxygen atoms in total. The molecule has 0 bridgehead atoms. The lowest BCUT2D eigenvalue weighted by molar-refractivity contribution is 0.667. The number of rotatable bonds is 2. The predicted octanol–water partition coefficient (Wildman–Crippen LogP) is 8.52. The second-order valence-corrected chi connectivity index (χ2v) is 11.8. The summed E-state index contributed by atoms with van der Waals surface area (Å²) in [7, 11) is 0. The Balaban J connectivity index is 1.46. The van der Waals surface area contributed by atoms with Crippen molar-refractivity contribution in [3.63, 3.8) is 0 Å². The van der Waals surface area contributed by atoms with Crippen LogP contribution in [0, 0.1) is 0 Å². The first-order valence-electron chi connectivity index (χ1n) is 12.8. The van der Waals surface area contributed by atoms with Crippen molar-refractivity contribution in [2.75, 3.05) is 0 Å². The first kappa shape index (κ1) is 22.8. The lowest BCUT2D eigenvalue weighted by Crippen LogP contribution is -2.36. The molecule has 0 saturated heterocycles. The van der Waals surface area contributed by atoms with Crippen LogP contribution < -0.4 is 0 Å². The van der Waals surface area contributed by atoms with E-state index in [1.807, 2.05) is 48.1 Å². The van der Waals surface area contributed by atoms with Gasteiger partial charge in [0.2, 0.25) is 0 Å². The van der Waals surface area contributed by atoms with Crippen LogP contribution >= 0.6 is 23.5 Å².